The van der Waals surface area contributed by atoms with Crippen LogP contribution in [-0.4, -0.2) is 6.18 Å². The topological polar surface area (TPSA) is 0 Å². The summed E-state index contributed by atoms with van der Waals surface area (Å²) in [6.45, 7) is 9.22. The first kappa shape index (κ1) is 23.0. The number of aryl methyl sites for hydroxylation is 2. The van der Waals surface area contributed by atoms with Crippen LogP contribution < -0.4 is 0 Å². The minimum absolute atomic E-state index is 0.112. The van der Waals surface area contributed by atoms with Crippen molar-refractivity contribution in [3.8, 4) is 0 Å². The Morgan fingerprint density at radius 1 is 0.966 bits per heavy atom. The molecule has 0 heterocycles. The van der Waals surface area contributed by atoms with Gasteiger partial charge in [-0.1, -0.05) is 88.4 Å². The van der Waals surface area contributed by atoms with Gasteiger partial charge in [0, 0.05) is 0 Å². The third-order valence-corrected chi connectivity index (χ3v) is 5.68. The summed E-state index contributed by atoms with van der Waals surface area (Å²) in [5, 5.41) is 0. The molecule has 0 amide bonds. The Kier molecular flexibility index (Phi) is 7.89. The van der Waals surface area contributed by atoms with Crippen molar-refractivity contribution in [2.45, 2.75) is 59.1 Å². The van der Waals surface area contributed by atoms with Crippen molar-refractivity contribution >= 4 is 11.6 Å². The lowest BCUT2D eigenvalue weighted by molar-refractivity contribution is -0.222. The highest BCUT2D eigenvalue weighted by molar-refractivity contribution is 5.88. The van der Waals surface area contributed by atoms with Crippen molar-refractivity contribution in [3.63, 3.8) is 0 Å². The first-order valence-corrected chi connectivity index (χ1v) is 10.3. The van der Waals surface area contributed by atoms with Gasteiger partial charge in [0.15, 0.2) is 0 Å². The van der Waals surface area contributed by atoms with Gasteiger partial charge in [-0.25, -0.2) is 0 Å². The zero-order valence-electron chi connectivity index (χ0n) is 17.7. The number of hydrogen-bond donors (Lipinski definition) is 0. The van der Waals surface area contributed by atoms with Gasteiger partial charge in [-0.05, 0) is 59.6 Å². The lowest BCUT2D eigenvalue weighted by Gasteiger charge is -2.32. The zero-order valence-corrected chi connectivity index (χ0v) is 17.7. The summed E-state index contributed by atoms with van der Waals surface area (Å²) in [7, 11) is 0. The first-order valence-electron chi connectivity index (χ1n) is 10.3. The van der Waals surface area contributed by atoms with Gasteiger partial charge < -0.3 is 0 Å². The Labute approximate surface area is 173 Å². The maximum absolute atomic E-state index is 13.4. The third-order valence-electron chi connectivity index (χ3n) is 5.68. The van der Waals surface area contributed by atoms with Crippen molar-refractivity contribution in [3.05, 3.63) is 83.4 Å². The van der Waals surface area contributed by atoms with Crippen LogP contribution in [0.25, 0.3) is 11.6 Å². The molecule has 29 heavy (non-hydrogen) atoms. The molecule has 3 heteroatoms. The predicted molar refractivity (Wildman–Crippen MR) is 118 cm³/mol. The van der Waals surface area contributed by atoms with Crippen molar-refractivity contribution in [1.82, 2.24) is 0 Å². The van der Waals surface area contributed by atoms with Crippen molar-refractivity contribution in [1.29, 1.82) is 0 Å². The highest BCUT2D eigenvalue weighted by atomic mass is 19.4. The molecule has 0 fully saturated rings. The lowest BCUT2D eigenvalue weighted by atomic mass is 9.79. The minimum Gasteiger partial charge on any atom is -0.171 e. The van der Waals surface area contributed by atoms with Crippen LogP contribution in [0.4, 0.5) is 13.2 Å². The summed E-state index contributed by atoms with van der Waals surface area (Å²) in [6, 6.07) is 16.1. The molecule has 0 radical (unpaired) electrons. The lowest BCUT2D eigenvalue weighted by Crippen LogP contribution is -2.35. The fraction of sp³-hybridized carbons (Fsp3) is 0.385. The van der Waals surface area contributed by atoms with E-state index in [2.05, 4.69) is 31.7 Å². The molecule has 2 aromatic rings. The molecule has 0 saturated heterocycles. The van der Waals surface area contributed by atoms with E-state index >= 15 is 0 Å². The molecular formula is C26H31F3. The molecule has 0 aliphatic carbocycles. The molecule has 0 N–H and O–H groups in total. The van der Waals surface area contributed by atoms with Crippen LogP contribution in [-0.2, 0) is 12.8 Å². The van der Waals surface area contributed by atoms with E-state index in [1.54, 1.807) is 6.92 Å². The molecule has 156 valence electrons. The molecule has 2 rings (SSSR count). The molecule has 0 aliphatic heterocycles. The number of alkyl halides is 3. The predicted octanol–water partition coefficient (Wildman–Crippen LogP) is 8.28. The molecular weight excluding hydrogens is 369 g/mol. The van der Waals surface area contributed by atoms with E-state index in [4.69, 9.17) is 0 Å². The molecule has 0 spiro atoms. The standard InChI is InChI=1S/C26H31F3/c1-5-17-25(4,26(27,28)29)18-16-20-12-14-21(15-13-20)19-23(7-3)24-11-9-8-10-22(24)6-2/h7-15,19H,3,5-6,16-18H2,1-2,4H3/b23-19+. The van der Waals surface area contributed by atoms with E-state index in [0.717, 1.165) is 28.7 Å². The Balaban J connectivity index is 2.17. The number of allylic oxidation sites excluding steroid dienone is 2. The molecule has 1 atom stereocenters. The van der Waals surface area contributed by atoms with Gasteiger partial charge in [0.25, 0.3) is 0 Å². The Morgan fingerprint density at radius 2 is 1.62 bits per heavy atom. The summed E-state index contributed by atoms with van der Waals surface area (Å²) in [5.41, 5.74) is 3.79. The van der Waals surface area contributed by atoms with Crippen LogP contribution in [0.2, 0.25) is 0 Å². The second kappa shape index (κ2) is 9.96. The van der Waals surface area contributed by atoms with Crippen LogP contribution in [0.5, 0.6) is 0 Å². The third kappa shape index (κ3) is 5.85. The Hall–Kier alpha value is -2.29. The smallest absolute Gasteiger partial charge is 0.171 e. The Bertz CT molecular complexity index is 828. The summed E-state index contributed by atoms with van der Waals surface area (Å²) in [6.07, 6.45) is 1.92. The fourth-order valence-corrected chi connectivity index (χ4v) is 3.70. The number of benzene rings is 2. The highest BCUT2D eigenvalue weighted by Crippen LogP contribution is 2.45. The van der Waals surface area contributed by atoms with Gasteiger partial charge >= 0.3 is 6.18 Å². The SMILES string of the molecule is C=C/C(=C\c1ccc(CCC(C)(CCC)C(F)(F)F)cc1)c1ccccc1CC. The number of hydrogen-bond acceptors (Lipinski definition) is 0. The van der Waals surface area contributed by atoms with Crippen LogP contribution in [0.15, 0.2) is 61.2 Å². The molecule has 0 bridgehead atoms. The Morgan fingerprint density at radius 3 is 2.17 bits per heavy atom. The summed E-state index contributed by atoms with van der Waals surface area (Å²) in [5.74, 6) is 0. The summed E-state index contributed by atoms with van der Waals surface area (Å²) >= 11 is 0. The number of rotatable bonds is 9. The van der Waals surface area contributed by atoms with Gasteiger partial charge in [0.2, 0.25) is 0 Å². The van der Waals surface area contributed by atoms with Crippen LogP contribution >= 0.6 is 0 Å². The second-order valence-electron chi connectivity index (χ2n) is 7.86. The first-order chi connectivity index (χ1) is 13.7. The van der Waals surface area contributed by atoms with Gasteiger partial charge in [-0.2, -0.15) is 13.2 Å². The van der Waals surface area contributed by atoms with Gasteiger partial charge in [-0.3, -0.25) is 0 Å². The van der Waals surface area contributed by atoms with E-state index in [0.29, 0.717) is 12.8 Å². The van der Waals surface area contributed by atoms with Crippen LogP contribution in [0, 0.1) is 5.41 Å². The number of halogens is 3. The van der Waals surface area contributed by atoms with Crippen molar-refractivity contribution in [2.75, 3.05) is 0 Å². The fourth-order valence-electron chi connectivity index (χ4n) is 3.70. The monoisotopic (exact) mass is 400 g/mol. The average Bonchev–Trinajstić information content (AvgIpc) is 2.70. The average molecular weight is 401 g/mol. The highest BCUT2D eigenvalue weighted by Gasteiger charge is 2.49. The van der Waals surface area contributed by atoms with E-state index in [-0.39, 0.29) is 12.8 Å². The summed E-state index contributed by atoms with van der Waals surface area (Å²) < 4.78 is 40.3. The van der Waals surface area contributed by atoms with Crippen molar-refractivity contribution < 1.29 is 13.2 Å². The van der Waals surface area contributed by atoms with Crippen molar-refractivity contribution in [2.24, 2.45) is 5.41 Å². The quantitative estimate of drug-likeness (QED) is 0.293. The normalized spacial score (nSPS) is 14.5. The zero-order chi connectivity index (χ0) is 21.5. The molecule has 0 nitrogen and oxygen atoms in total. The summed E-state index contributed by atoms with van der Waals surface area (Å²) in [4.78, 5) is 0. The van der Waals surface area contributed by atoms with Crippen LogP contribution in [0.1, 0.15) is 62.3 Å². The van der Waals surface area contributed by atoms with E-state index < -0.39 is 11.6 Å². The molecule has 0 aliphatic rings. The maximum Gasteiger partial charge on any atom is 0.394 e. The largest absolute Gasteiger partial charge is 0.394 e. The molecule has 1 unspecified atom stereocenters. The molecule has 0 saturated carbocycles. The second-order valence-corrected chi connectivity index (χ2v) is 7.86. The molecule has 0 aromatic heterocycles. The van der Waals surface area contributed by atoms with Gasteiger partial charge in [-0.15, -0.1) is 0 Å². The van der Waals surface area contributed by atoms with E-state index in [9.17, 15) is 13.2 Å². The van der Waals surface area contributed by atoms with E-state index in [1.807, 2.05) is 42.5 Å². The van der Waals surface area contributed by atoms with E-state index in [1.165, 1.54) is 12.5 Å². The van der Waals surface area contributed by atoms with Crippen LogP contribution in [0.3, 0.4) is 0 Å². The van der Waals surface area contributed by atoms with Gasteiger partial charge in [0.05, 0.1) is 5.41 Å². The minimum atomic E-state index is -4.17. The van der Waals surface area contributed by atoms with Gasteiger partial charge in [0.1, 0.15) is 0 Å². The maximum atomic E-state index is 13.4. The molecule has 2 aromatic carbocycles.